The van der Waals surface area contributed by atoms with Gasteiger partial charge in [-0.25, -0.2) is 4.98 Å². The summed E-state index contributed by atoms with van der Waals surface area (Å²) in [6, 6.07) is 5.40. The van der Waals surface area contributed by atoms with Crippen LogP contribution in [0, 0.1) is 5.92 Å². The van der Waals surface area contributed by atoms with Crippen molar-refractivity contribution in [3.8, 4) is 0 Å². The Morgan fingerprint density at radius 3 is 2.69 bits per heavy atom. The van der Waals surface area contributed by atoms with E-state index in [1.54, 1.807) is 36.2 Å². The van der Waals surface area contributed by atoms with E-state index in [0.717, 1.165) is 25.7 Å². The molecular weight excluding hydrogens is 496 g/mol. The second kappa shape index (κ2) is 12.0. The Kier molecular flexibility index (Phi) is 8.79. The molecule has 192 valence electrons. The second-order valence-corrected chi connectivity index (χ2v) is 10.7. The van der Waals surface area contributed by atoms with Crippen LogP contribution in [0.25, 0.3) is 11.7 Å². The van der Waals surface area contributed by atoms with Crippen LogP contribution in [0.4, 0.5) is 5.82 Å². The number of nitrogens with zero attached hydrogens (tertiary/aromatic N) is 4. The highest BCUT2D eigenvalue weighted by Gasteiger charge is 2.33. The fourth-order valence-corrected chi connectivity index (χ4v) is 5.86. The number of anilines is 1. The predicted octanol–water partition coefficient (Wildman–Crippen LogP) is 4.26. The number of thioether (sulfide) groups is 1. The molecule has 0 unspecified atom stereocenters. The minimum atomic E-state index is -0.240. The van der Waals surface area contributed by atoms with Crippen molar-refractivity contribution in [1.29, 1.82) is 0 Å². The Labute approximate surface area is 220 Å². The average molecular weight is 529 g/mol. The zero-order valence-electron chi connectivity index (χ0n) is 20.8. The molecule has 0 aliphatic carbocycles. The van der Waals surface area contributed by atoms with Crippen molar-refractivity contribution in [2.75, 3.05) is 31.1 Å². The summed E-state index contributed by atoms with van der Waals surface area (Å²) in [6.07, 6.45) is 8.76. The number of unbranched alkanes of at least 4 members (excludes halogenated alkanes) is 3. The summed E-state index contributed by atoms with van der Waals surface area (Å²) in [5.74, 6) is 0.0365. The molecule has 2 fully saturated rings. The molecule has 0 saturated carbocycles. The first-order chi connectivity index (χ1) is 17.4. The molecule has 2 aliphatic rings. The van der Waals surface area contributed by atoms with Crippen LogP contribution in [-0.4, -0.2) is 56.7 Å². The number of fused-ring (bicyclic) bond motifs is 1. The van der Waals surface area contributed by atoms with Crippen LogP contribution < -0.4 is 10.5 Å². The van der Waals surface area contributed by atoms with Gasteiger partial charge in [-0.1, -0.05) is 56.2 Å². The largest absolute Gasteiger partial charge is 0.466 e. The number of aromatic nitrogens is 2. The molecule has 8 nitrogen and oxygen atoms in total. The van der Waals surface area contributed by atoms with Gasteiger partial charge in [0.1, 0.15) is 15.8 Å². The number of rotatable bonds is 9. The number of amides is 1. The summed E-state index contributed by atoms with van der Waals surface area (Å²) in [7, 11) is 0. The maximum absolute atomic E-state index is 13.6. The molecule has 4 rings (SSSR count). The lowest BCUT2D eigenvalue weighted by Gasteiger charge is -2.32. The first-order valence-electron chi connectivity index (χ1n) is 12.6. The third kappa shape index (κ3) is 5.64. The van der Waals surface area contributed by atoms with Gasteiger partial charge in [0.2, 0.25) is 0 Å². The van der Waals surface area contributed by atoms with E-state index in [9.17, 15) is 14.4 Å². The molecular formula is C26H32N4O4S2. The van der Waals surface area contributed by atoms with Crippen molar-refractivity contribution in [2.45, 2.75) is 52.4 Å². The van der Waals surface area contributed by atoms with Crippen LogP contribution >= 0.6 is 24.0 Å². The molecule has 2 saturated heterocycles. The SMILES string of the molecule is CCCCCCN1C(=O)/C(=C/c2c(N3CCC(C(=O)OCC)CC3)nc3ccccn3c2=O)SC1=S. The van der Waals surface area contributed by atoms with E-state index in [1.807, 2.05) is 11.0 Å². The molecule has 2 aromatic rings. The van der Waals surface area contributed by atoms with Gasteiger partial charge in [-0.15, -0.1) is 0 Å². The average Bonchev–Trinajstić information content (AvgIpc) is 3.15. The van der Waals surface area contributed by atoms with Crippen LogP contribution in [0.1, 0.15) is 57.9 Å². The highest BCUT2D eigenvalue weighted by Crippen LogP contribution is 2.34. The predicted molar refractivity (Wildman–Crippen MR) is 147 cm³/mol. The van der Waals surface area contributed by atoms with Crippen LogP contribution in [0.2, 0.25) is 0 Å². The first-order valence-corrected chi connectivity index (χ1v) is 13.8. The lowest BCUT2D eigenvalue weighted by Crippen LogP contribution is -2.39. The Bertz CT molecular complexity index is 1230. The van der Waals surface area contributed by atoms with E-state index < -0.39 is 0 Å². The molecule has 36 heavy (non-hydrogen) atoms. The Morgan fingerprint density at radius 1 is 1.19 bits per heavy atom. The molecule has 0 bridgehead atoms. The quantitative estimate of drug-likeness (QED) is 0.207. The summed E-state index contributed by atoms with van der Waals surface area (Å²) in [6.45, 7) is 6.04. The molecule has 0 radical (unpaired) electrons. The zero-order valence-corrected chi connectivity index (χ0v) is 22.4. The van der Waals surface area contributed by atoms with Crippen molar-refractivity contribution >= 4 is 57.7 Å². The van der Waals surface area contributed by atoms with Gasteiger partial charge in [-0.05, 0) is 44.4 Å². The molecule has 0 atom stereocenters. The minimum absolute atomic E-state index is 0.157. The Hall–Kier alpha value is -2.72. The number of esters is 1. The number of piperidine rings is 1. The monoisotopic (exact) mass is 528 g/mol. The Balaban J connectivity index is 1.64. The van der Waals surface area contributed by atoms with Crippen LogP contribution in [0.3, 0.4) is 0 Å². The van der Waals surface area contributed by atoms with Crippen molar-refractivity contribution in [1.82, 2.24) is 14.3 Å². The van der Waals surface area contributed by atoms with Gasteiger partial charge in [0.25, 0.3) is 11.5 Å². The third-order valence-electron chi connectivity index (χ3n) is 6.55. The summed E-state index contributed by atoms with van der Waals surface area (Å²) in [4.78, 5) is 47.8. The minimum Gasteiger partial charge on any atom is -0.466 e. The highest BCUT2D eigenvalue weighted by atomic mass is 32.2. The molecule has 1 amide bonds. The molecule has 0 N–H and O–H groups in total. The van der Waals surface area contributed by atoms with E-state index in [1.165, 1.54) is 16.2 Å². The third-order valence-corrected chi connectivity index (χ3v) is 7.93. The normalized spacial score (nSPS) is 18.0. The fraction of sp³-hybridized carbons (Fsp3) is 0.500. The Morgan fingerprint density at radius 2 is 1.97 bits per heavy atom. The number of hydrogen-bond donors (Lipinski definition) is 0. The maximum Gasteiger partial charge on any atom is 0.309 e. The van der Waals surface area contributed by atoms with E-state index in [4.69, 9.17) is 21.9 Å². The van der Waals surface area contributed by atoms with Crippen molar-refractivity contribution in [3.63, 3.8) is 0 Å². The zero-order chi connectivity index (χ0) is 25.7. The van der Waals surface area contributed by atoms with Gasteiger partial charge in [0, 0.05) is 25.8 Å². The van der Waals surface area contributed by atoms with E-state index in [0.29, 0.717) is 65.3 Å². The fourth-order valence-electron chi connectivity index (χ4n) is 4.57. The van der Waals surface area contributed by atoms with Crippen molar-refractivity contribution < 1.29 is 14.3 Å². The number of ether oxygens (including phenoxy) is 1. The summed E-state index contributed by atoms with van der Waals surface area (Å²) >= 11 is 6.72. The molecule has 0 spiro atoms. The highest BCUT2D eigenvalue weighted by molar-refractivity contribution is 8.26. The van der Waals surface area contributed by atoms with Gasteiger partial charge in [-0.3, -0.25) is 23.7 Å². The first kappa shape index (κ1) is 26.3. The van der Waals surface area contributed by atoms with E-state index in [2.05, 4.69) is 6.92 Å². The van der Waals surface area contributed by atoms with Gasteiger partial charge >= 0.3 is 5.97 Å². The maximum atomic E-state index is 13.6. The van der Waals surface area contributed by atoms with Gasteiger partial charge < -0.3 is 9.64 Å². The number of carbonyl (C=O) groups is 2. The topological polar surface area (TPSA) is 84.2 Å². The standard InChI is InChI=1S/C26H32N4O4S2/c1-3-5-6-8-14-30-24(32)20(36-26(30)35)17-19-22(27-21-10-7-9-13-29(21)23(19)31)28-15-11-18(12-16-28)25(33)34-4-2/h7,9-10,13,17-18H,3-6,8,11-12,14-16H2,1-2H3/b20-17-. The van der Waals surface area contributed by atoms with Gasteiger partial charge in [0.05, 0.1) is 23.0 Å². The van der Waals surface area contributed by atoms with Crippen molar-refractivity contribution in [2.24, 2.45) is 5.92 Å². The summed E-state index contributed by atoms with van der Waals surface area (Å²) < 4.78 is 7.21. The summed E-state index contributed by atoms with van der Waals surface area (Å²) in [5, 5.41) is 0. The second-order valence-electron chi connectivity index (χ2n) is 8.99. The molecule has 0 aromatic carbocycles. The van der Waals surface area contributed by atoms with Crippen LogP contribution in [-0.2, 0) is 14.3 Å². The van der Waals surface area contributed by atoms with Crippen LogP contribution in [0.5, 0.6) is 0 Å². The molecule has 4 heterocycles. The molecule has 2 aromatic heterocycles. The van der Waals surface area contributed by atoms with Gasteiger partial charge in [0.15, 0.2) is 0 Å². The van der Waals surface area contributed by atoms with Gasteiger partial charge in [-0.2, -0.15) is 0 Å². The molecule has 2 aliphatic heterocycles. The van der Waals surface area contributed by atoms with E-state index in [-0.39, 0.29) is 23.4 Å². The van der Waals surface area contributed by atoms with E-state index >= 15 is 0 Å². The molecule has 10 heteroatoms. The number of carbonyl (C=O) groups excluding carboxylic acids is 2. The lowest BCUT2D eigenvalue weighted by molar-refractivity contribution is -0.148. The summed E-state index contributed by atoms with van der Waals surface area (Å²) in [5.41, 5.74) is 0.654. The van der Waals surface area contributed by atoms with Crippen LogP contribution in [0.15, 0.2) is 34.1 Å². The number of pyridine rings is 1. The smallest absolute Gasteiger partial charge is 0.309 e. The number of hydrogen-bond acceptors (Lipinski definition) is 8. The van der Waals surface area contributed by atoms with Crippen molar-refractivity contribution in [3.05, 3.63) is 45.2 Å². The number of thiocarbonyl (C=S) groups is 1. The lowest BCUT2D eigenvalue weighted by atomic mass is 9.96.